The minimum absolute atomic E-state index is 0.0745. The lowest BCUT2D eigenvalue weighted by Gasteiger charge is -2.23. The predicted octanol–water partition coefficient (Wildman–Crippen LogP) is 5.21. The van der Waals surface area contributed by atoms with Crippen LogP contribution in [0.5, 0.6) is 0 Å². The van der Waals surface area contributed by atoms with E-state index in [4.69, 9.17) is 0 Å². The van der Waals surface area contributed by atoms with E-state index >= 15 is 0 Å². The number of benzene rings is 1. The third kappa shape index (κ3) is 4.81. The number of hydrogen-bond donors (Lipinski definition) is 0. The average molecular weight is 260 g/mol. The van der Waals surface area contributed by atoms with Crippen LogP contribution in [-0.2, 0) is 4.79 Å². The van der Waals surface area contributed by atoms with E-state index in [0.717, 1.165) is 25.7 Å². The highest BCUT2D eigenvalue weighted by atomic mass is 16.1. The largest absolute Gasteiger partial charge is 0.299 e. The van der Waals surface area contributed by atoms with E-state index in [2.05, 4.69) is 39.8 Å². The molecular weight excluding hydrogens is 232 g/mol. The van der Waals surface area contributed by atoms with Gasteiger partial charge in [0, 0.05) is 12.3 Å². The van der Waals surface area contributed by atoms with Crippen molar-refractivity contribution < 1.29 is 4.79 Å². The van der Waals surface area contributed by atoms with Crippen molar-refractivity contribution in [3.8, 4) is 0 Å². The third-order valence-corrected chi connectivity index (χ3v) is 4.05. The van der Waals surface area contributed by atoms with E-state index < -0.39 is 0 Å². The van der Waals surface area contributed by atoms with E-state index in [1.807, 2.05) is 18.2 Å². The van der Waals surface area contributed by atoms with Crippen LogP contribution >= 0.6 is 0 Å². The number of carbonyl (C=O) groups excluding carboxylic acids is 1. The van der Waals surface area contributed by atoms with Gasteiger partial charge in [-0.25, -0.2) is 0 Å². The molecule has 0 saturated carbocycles. The van der Waals surface area contributed by atoms with Crippen molar-refractivity contribution in [3.05, 3.63) is 35.9 Å². The van der Waals surface area contributed by atoms with Crippen LogP contribution in [-0.4, -0.2) is 5.78 Å². The first-order valence-corrected chi connectivity index (χ1v) is 7.67. The van der Waals surface area contributed by atoms with Gasteiger partial charge in [0.05, 0.1) is 0 Å². The van der Waals surface area contributed by atoms with Gasteiger partial charge >= 0.3 is 0 Å². The summed E-state index contributed by atoms with van der Waals surface area (Å²) in [6.45, 7) is 8.74. The highest BCUT2D eigenvalue weighted by Crippen LogP contribution is 2.30. The van der Waals surface area contributed by atoms with Crippen LogP contribution in [0.4, 0.5) is 0 Å². The van der Waals surface area contributed by atoms with Crippen molar-refractivity contribution in [3.63, 3.8) is 0 Å². The molecule has 0 saturated heterocycles. The Morgan fingerprint density at radius 3 is 2.26 bits per heavy atom. The molecule has 1 aromatic rings. The summed E-state index contributed by atoms with van der Waals surface area (Å²) in [7, 11) is 0. The second kappa shape index (κ2) is 8.14. The maximum Gasteiger partial charge on any atom is 0.140 e. The molecule has 0 aliphatic carbocycles. The molecule has 1 aromatic carbocycles. The Hall–Kier alpha value is -1.11. The Balaban J connectivity index is 2.83. The summed E-state index contributed by atoms with van der Waals surface area (Å²) in [6, 6.07) is 10.3. The van der Waals surface area contributed by atoms with Crippen LogP contribution in [0.15, 0.2) is 30.3 Å². The number of Topliss-reactive ketones (excluding diaryl/α,β-unsaturated/α-hetero) is 1. The van der Waals surface area contributed by atoms with Gasteiger partial charge in [-0.05, 0) is 17.4 Å². The van der Waals surface area contributed by atoms with E-state index in [-0.39, 0.29) is 5.92 Å². The summed E-state index contributed by atoms with van der Waals surface area (Å²) < 4.78 is 0. The molecular formula is C18H28O. The molecule has 3 atom stereocenters. The first kappa shape index (κ1) is 15.9. The van der Waals surface area contributed by atoms with Crippen LogP contribution in [0, 0.1) is 11.8 Å². The van der Waals surface area contributed by atoms with Crippen molar-refractivity contribution in [1.82, 2.24) is 0 Å². The fraction of sp³-hybridized carbons (Fsp3) is 0.611. The zero-order valence-corrected chi connectivity index (χ0v) is 12.9. The van der Waals surface area contributed by atoms with Crippen molar-refractivity contribution in [1.29, 1.82) is 0 Å². The van der Waals surface area contributed by atoms with E-state index in [0.29, 0.717) is 17.6 Å². The zero-order valence-electron chi connectivity index (χ0n) is 12.9. The minimum atomic E-state index is 0.0745. The van der Waals surface area contributed by atoms with E-state index in [1.165, 1.54) is 5.56 Å². The molecule has 0 amide bonds. The van der Waals surface area contributed by atoms with E-state index in [9.17, 15) is 4.79 Å². The molecule has 0 heterocycles. The van der Waals surface area contributed by atoms with Gasteiger partial charge in [0.2, 0.25) is 0 Å². The molecule has 0 radical (unpaired) electrons. The maximum absolute atomic E-state index is 12.6. The fourth-order valence-electron chi connectivity index (χ4n) is 2.79. The normalized spacial score (nSPS) is 15.8. The van der Waals surface area contributed by atoms with Crippen molar-refractivity contribution in [2.24, 2.45) is 11.8 Å². The average Bonchev–Trinajstić information content (AvgIpc) is 2.40. The van der Waals surface area contributed by atoms with Gasteiger partial charge in [-0.2, -0.15) is 0 Å². The summed E-state index contributed by atoms with van der Waals surface area (Å²) >= 11 is 0. The second-order valence-electron chi connectivity index (χ2n) is 5.84. The molecule has 3 unspecified atom stereocenters. The Morgan fingerprint density at radius 1 is 1.11 bits per heavy atom. The third-order valence-electron chi connectivity index (χ3n) is 4.05. The molecule has 19 heavy (non-hydrogen) atoms. The van der Waals surface area contributed by atoms with Crippen molar-refractivity contribution in [2.75, 3.05) is 0 Å². The monoisotopic (exact) mass is 260 g/mol. The maximum atomic E-state index is 12.6. The molecule has 0 aromatic heterocycles. The lowest BCUT2D eigenvalue weighted by atomic mass is 9.79. The Kier molecular flexibility index (Phi) is 6.83. The molecule has 1 nitrogen and oxygen atoms in total. The number of ketones is 1. The number of rotatable bonds is 8. The van der Waals surface area contributed by atoms with Gasteiger partial charge < -0.3 is 0 Å². The lowest BCUT2D eigenvalue weighted by molar-refractivity contribution is -0.122. The van der Waals surface area contributed by atoms with Crippen LogP contribution in [0.3, 0.4) is 0 Å². The predicted molar refractivity (Wildman–Crippen MR) is 82.3 cm³/mol. The van der Waals surface area contributed by atoms with Crippen LogP contribution in [0.25, 0.3) is 0 Å². The lowest BCUT2D eigenvalue weighted by Crippen LogP contribution is -2.21. The molecule has 0 spiro atoms. The second-order valence-corrected chi connectivity index (χ2v) is 5.84. The van der Waals surface area contributed by atoms with E-state index in [1.54, 1.807) is 0 Å². The SMILES string of the molecule is CCCC(C)CC(=O)C(c1ccccc1)C(C)CC. The van der Waals surface area contributed by atoms with Crippen LogP contribution < -0.4 is 0 Å². The van der Waals surface area contributed by atoms with Gasteiger partial charge in [-0.15, -0.1) is 0 Å². The van der Waals surface area contributed by atoms with Gasteiger partial charge in [0.1, 0.15) is 5.78 Å². The highest BCUT2D eigenvalue weighted by molar-refractivity contribution is 5.86. The Bertz CT molecular complexity index is 369. The van der Waals surface area contributed by atoms with Crippen LogP contribution in [0.1, 0.15) is 64.9 Å². The smallest absolute Gasteiger partial charge is 0.140 e. The summed E-state index contributed by atoms with van der Waals surface area (Å²) in [4.78, 5) is 12.6. The summed E-state index contributed by atoms with van der Waals surface area (Å²) in [5.41, 5.74) is 1.19. The molecule has 0 fully saturated rings. The first-order valence-electron chi connectivity index (χ1n) is 7.67. The highest BCUT2D eigenvalue weighted by Gasteiger charge is 2.26. The molecule has 0 aliphatic heterocycles. The standard InChI is InChI=1S/C18H28O/c1-5-10-14(3)13-17(19)18(15(4)6-2)16-11-8-7-9-12-16/h7-9,11-12,14-15,18H,5-6,10,13H2,1-4H3. The molecule has 1 heteroatoms. The van der Waals surface area contributed by atoms with Crippen molar-refractivity contribution >= 4 is 5.78 Å². The number of hydrogen-bond acceptors (Lipinski definition) is 1. The molecule has 0 aliphatic rings. The zero-order chi connectivity index (χ0) is 14.3. The summed E-state index contributed by atoms with van der Waals surface area (Å²) in [5.74, 6) is 1.42. The van der Waals surface area contributed by atoms with Crippen LogP contribution in [0.2, 0.25) is 0 Å². The summed E-state index contributed by atoms with van der Waals surface area (Å²) in [5, 5.41) is 0. The fourth-order valence-corrected chi connectivity index (χ4v) is 2.79. The van der Waals surface area contributed by atoms with Gasteiger partial charge in [0.25, 0.3) is 0 Å². The van der Waals surface area contributed by atoms with Crippen molar-refractivity contribution in [2.45, 2.75) is 59.3 Å². The molecule has 1 rings (SSSR count). The Morgan fingerprint density at radius 2 is 1.74 bits per heavy atom. The topological polar surface area (TPSA) is 17.1 Å². The molecule has 0 N–H and O–H groups in total. The van der Waals surface area contributed by atoms with Gasteiger partial charge in [-0.3, -0.25) is 4.79 Å². The molecule has 106 valence electrons. The number of carbonyl (C=O) groups is 1. The molecule has 0 bridgehead atoms. The first-order chi connectivity index (χ1) is 9.10. The van der Waals surface area contributed by atoms with Gasteiger partial charge in [0.15, 0.2) is 0 Å². The Labute approximate surface area is 118 Å². The summed E-state index contributed by atoms with van der Waals surface area (Å²) in [6.07, 6.45) is 4.08. The van der Waals surface area contributed by atoms with Gasteiger partial charge in [-0.1, -0.05) is 77.3 Å². The quantitative estimate of drug-likeness (QED) is 0.627. The minimum Gasteiger partial charge on any atom is -0.299 e.